The van der Waals surface area contributed by atoms with Crippen LogP contribution in [-0.2, 0) is 6.42 Å². The molecule has 0 saturated carbocycles. The van der Waals surface area contributed by atoms with E-state index in [1.54, 1.807) is 6.07 Å². The maximum Gasteiger partial charge on any atom is 0.191 e. The zero-order valence-corrected chi connectivity index (χ0v) is 9.57. The Morgan fingerprint density at radius 3 is 2.75 bits per heavy atom. The molecule has 0 radical (unpaired) electrons. The highest BCUT2D eigenvalue weighted by Crippen LogP contribution is 2.25. The van der Waals surface area contributed by atoms with E-state index in [1.165, 1.54) is 6.07 Å². The number of aliphatic imine (C=N–C) groups is 1. The average molecular weight is 221 g/mol. The molecule has 1 atom stereocenters. The minimum Gasteiger partial charge on any atom is -0.370 e. The second kappa shape index (κ2) is 3.77. The minimum atomic E-state index is -0.216. The van der Waals surface area contributed by atoms with Crippen LogP contribution in [0.25, 0.3) is 0 Å². The maximum atomic E-state index is 13.6. The van der Waals surface area contributed by atoms with Crippen molar-refractivity contribution in [3.05, 3.63) is 35.6 Å². The second-order valence-electron chi connectivity index (χ2n) is 4.50. The molecular weight excluding hydrogens is 205 g/mol. The first-order chi connectivity index (χ1) is 7.53. The zero-order chi connectivity index (χ0) is 11.8. The van der Waals surface area contributed by atoms with Crippen LogP contribution in [0.2, 0.25) is 0 Å². The van der Waals surface area contributed by atoms with E-state index < -0.39 is 0 Å². The molecular formula is C12H16FN3. The van der Waals surface area contributed by atoms with Crippen LogP contribution in [0.1, 0.15) is 12.5 Å². The molecule has 4 heteroatoms. The highest BCUT2D eigenvalue weighted by atomic mass is 19.1. The molecule has 2 rings (SSSR count). The fourth-order valence-corrected chi connectivity index (χ4v) is 1.97. The third-order valence-electron chi connectivity index (χ3n) is 3.26. The number of guanidine groups is 1. The standard InChI is InChI=1S/C12H16FN3/c1-12(8-15-11(14)16(12)2)7-9-5-3-4-6-10(9)13/h3-6H,7-8H2,1-2H3,(H2,14,15). The molecule has 0 saturated heterocycles. The summed E-state index contributed by atoms with van der Waals surface area (Å²) in [7, 11) is 1.90. The molecule has 16 heavy (non-hydrogen) atoms. The summed E-state index contributed by atoms with van der Waals surface area (Å²) in [6.07, 6.45) is 0.611. The van der Waals surface area contributed by atoms with E-state index in [2.05, 4.69) is 4.99 Å². The molecule has 0 amide bonds. The summed E-state index contributed by atoms with van der Waals surface area (Å²) in [5, 5.41) is 0. The third-order valence-corrected chi connectivity index (χ3v) is 3.26. The van der Waals surface area contributed by atoms with Crippen molar-refractivity contribution in [1.29, 1.82) is 0 Å². The lowest BCUT2D eigenvalue weighted by atomic mass is 9.92. The molecule has 1 heterocycles. The van der Waals surface area contributed by atoms with Crippen molar-refractivity contribution in [2.75, 3.05) is 13.6 Å². The lowest BCUT2D eigenvalue weighted by Gasteiger charge is -2.33. The normalized spacial score (nSPS) is 24.7. The van der Waals surface area contributed by atoms with Gasteiger partial charge in [-0.25, -0.2) is 4.39 Å². The van der Waals surface area contributed by atoms with Crippen molar-refractivity contribution in [1.82, 2.24) is 4.90 Å². The molecule has 1 aromatic rings. The Morgan fingerprint density at radius 2 is 2.19 bits per heavy atom. The van der Waals surface area contributed by atoms with Gasteiger partial charge in [-0.1, -0.05) is 18.2 Å². The number of hydrogen-bond acceptors (Lipinski definition) is 3. The first kappa shape index (κ1) is 10.9. The first-order valence-electron chi connectivity index (χ1n) is 5.30. The Bertz CT molecular complexity index is 430. The summed E-state index contributed by atoms with van der Waals surface area (Å²) in [5.74, 6) is 0.362. The number of likely N-dealkylation sites (N-methyl/N-ethyl adjacent to an activating group) is 1. The Labute approximate surface area is 94.8 Å². The van der Waals surface area contributed by atoms with Gasteiger partial charge in [0, 0.05) is 13.5 Å². The predicted octanol–water partition coefficient (Wildman–Crippen LogP) is 1.39. The van der Waals surface area contributed by atoms with Crippen LogP contribution in [0, 0.1) is 5.82 Å². The van der Waals surface area contributed by atoms with Crippen LogP contribution in [-0.4, -0.2) is 30.0 Å². The molecule has 2 N–H and O–H groups in total. The van der Waals surface area contributed by atoms with E-state index in [1.807, 2.05) is 31.0 Å². The Morgan fingerprint density at radius 1 is 1.50 bits per heavy atom. The number of benzene rings is 1. The lowest BCUT2D eigenvalue weighted by Crippen LogP contribution is -2.48. The second-order valence-corrected chi connectivity index (χ2v) is 4.50. The van der Waals surface area contributed by atoms with Gasteiger partial charge in [0.05, 0.1) is 12.1 Å². The van der Waals surface area contributed by atoms with Gasteiger partial charge in [0.25, 0.3) is 0 Å². The highest BCUT2D eigenvalue weighted by molar-refractivity contribution is 5.80. The monoisotopic (exact) mass is 221 g/mol. The summed E-state index contributed by atoms with van der Waals surface area (Å²) in [6, 6.07) is 6.84. The van der Waals surface area contributed by atoms with E-state index in [9.17, 15) is 4.39 Å². The largest absolute Gasteiger partial charge is 0.370 e. The predicted molar refractivity (Wildman–Crippen MR) is 62.8 cm³/mol. The molecule has 86 valence electrons. The fraction of sp³-hybridized carbons (Fsp3) is 0.417. The van der Waals surface area contributed by atoms with E-state index in [-0.39, 0.29) is 11.4 Å². The van der Waals surface area contributed by atoms with Crippen LogP contribution in [0.15, 0.2) is 29.3 Å². The van der Waals surface area contributed by atoms with Gasteiger partial charge in [0.15, 0.2) is 5.96 Å². The molecule has 0 aliphatic carbocycles. The van der Waals surface area contributed by atoms with E-state index >= 15 is 0 Å². The SMILES string of the molecule is CN1C(N)=NCC1(C)Cc1ccccc1F. The van der Waals surface area contributed by atoms with E-state index in [0.717, 1.165) is 0 Å². The quantitative estimate of drug-likeness (QED) is 0.820. The molecule has 0 fully saturated rings. The molecule has 1 aliphatic heterocycles. The summed E-state index contributed by atoms with van der Waals surface area (Å²) in [4.78, 5) is 6.11. The van der Waals surface area contributed by atoms with Crippen LogP contribution in [0.4, 0.5) is 4.39 Å². The van der Waals surface area contributed by atoms with Gasteiger partial charge in [-0.05, 0) is 18.6 Å². The Hall–Kier alpha value is -1.58. The summed E-state index contributed by atoms with van der Waals surface area (Å²) >= 11 is 0. The van der Waals surface area contributed by atoms with Crippen LogP contribution in [0.5, 0.6) is 0 Å². The van der Waals surface area contributed by atoms with Crippen LogP contribution in [0.3, 0.4) is 0 Å². The average Bonchev–Trinajstić information content (AvgIpc) is 2.51. The van der Waals surface area contributed by atoms with Crippen molar-refractivity contribution < 1.29 is 4.39 Å². The molecule has 3 nitrogen and oxygen atoms in total. The summed E-state index contributed by atoms with van der Waals surface area (Å²) < 4.78 is 13.6. The maximum absolute atomic E-state index is 13.6. The molecule has 0 bridgehead atoms. The van der Waals surface area contributed by atoms with Crippen LogP contribution < -0.4 is 5.73 Å². The fourth-order valence-electron chi connectivity index (χ4n) is 1.97. The number of hydrogen-bond donors (Lipinski definition) is 1. The molecule has 0 spiro atoms. The van der Waals surface area contributed by atoms with Crippen LogP contribution >= 0.6 is 0 Å². The molecule has 1 aromatic carbocycles. The minimum absolute atomic E-state index is 0.164. The number of nitrogens with two attached hydrogens (primary N) is 1. The lowest BCUT2D eigenvalue weighted by molar-refractivity contribution is 0.258. The van der Waals surface area contributed by atoms with Gasteiger partial charge in [0.1, 0.15) is 5.82 Å². The topological polar surface area (TPSA) is 41.6 Å². The van der Waals surface area contributed by atoms with Crippen molar-refractivity contribution >= 4 is 5.96 Å². The van der Waals surface area contributed by atoms with Crippen molar-refractivity contribution in [3.63, 3.8) is 0 Å². The van der Waals surface area contributed by atoms with E-state index in [4.69, 9.17) is 5.73 Å². The van der Waals surface area contributed by atoms with Crippen molar-refractivity contribution in [2.45, 2.75) is 18.9 Å². The highest BCUT2D eigenvalue weighted by Gasteiger charge is 2.35. The first-order valence-corrected chi connectivity index (χ1v) is 5.30. The molecule has 1 unspecified atom stereocenters. The van der Waals surface area contributed by atoms with Gasteiger partial charge in [-0.15, -0.1) is 0 Å². The molecule has 1 aliphatic rings. The van der Waals surface area contributed by atoms with Gasteiger partial charge in [-0.3, -0.25) is 4.99 Å². The Balaban J connectivity index is 2.20. The number of halogens is 1. The van der Waals surface area contributed by atoms with E-state index in [0.29, 0.717) is 24.5 Å². The van der Waals surface area contributed by atoms with Gasteiger partial charge in [-0.2, -0.15) is 0 Å². The zero-order valence-electron chi connectivity index (χ0n) is 9.57. The summed E-state index contributed by atoms with van der Waals surface area (Å²) in [6.45, 7) is 2.66. The number of nitrogens with zero attached hydrogens (tertiary/aromatic N) is 2. The summed E-state index contributed by atoms with van der Waals surface area (Å²) in [5.41, 5.74) is 6.22. The van der Waals surface area contributed by atoms with Gasteiger partial charge in [0.2, 0.25) is 0 Å². The number of rotatable bonds is 2. The van der Waals surface area contributed by atoms with Crippen molar-refractivity contribution in [3.8, 4) is 0 Å². The van der Waals surface area contributed by atoms with Crippen molar-refractivity contribution in [2.24, 2.45) is 10.7 Å². The smallest absolute Gasteiger partial charge is 0.191 e. The Kier molecular flexibility index (Phi) is 2.58. The van der Waals surface area contributed by atoms with Gasteiger partial charge < -0.3 is 10.6 Å². The third kappa shape index (κ3) is 1.75. The van der Waals surface area contributed by atoms with Gasteiger partial charge >= 0.3 is 0 Å². The molecule has 0 aromatic heterocycles.